The molecule has 0 fully saturated rings. The van der Waals surface area contributed by atoms with Crippen LogP contribution in [0.1, 0.15) is 74.1 Å². The zero-order valence-electron chi connectivity index (χ0n) is 22.7. The van der Waals surface area contributed by atoms with E-state index in [2.05, 4.69) is 4.52 Å². The molecule has 0 aliphatic heterocycles. The number of phosphoric acid groups is 3. The van der Waals surface area contributed by atoms with Crippen molar-refractivity contribution in [3.05, 3.63) is 0 Å². The highest BCUT2D eigenvalue weighted by Gasteiger charge is 2.41. The Balaban J connectivity index is 5.07. The monoisotopic (exact) mass is 601 g/mol. The largest absolute Gasteiger partial charge is 0.472 e. The molecular weight excluding hydrogens is 555 g/mol. The minimum absolute atomic E-state index is 0.0791. The molecule has 0 aliphatic carbocycles. The van der Waals surface area contributed by atoms with E-state index in [1.807, 2.05) is 0 Å². The molecule has 17 heteroatoms. The van der Waals surface area contributed by atoms with Crippen molar-refractivity contribution in [3.8, 4) is 0 Å². The molecule has 0 rings (SSSR count). The lowest BCUT2D eigenvalue weighted by Crippen LogP contribution is -2.37. The van der Waals surface area contributed by atoms with E-state index in [4.69, 9.17) is 33.6 Å². The molecule has 0 amide bonds. The molecule has 0 heterocycles. The van der Waals surface area contributed by atoms with Crippen LogP contribution < -0.4 is 5.73 Å². The van der Waals surface area contributed by atoms with E-state index in [1.54, 1.807) is 27.7 Å². The summed E-state index contributed by atoms with van der Waals surface area (Å²) in [4.78, 5) is 38.2. The molecule has 0 aromatic rings. The smallest absolute Gasteiger partial charge is 0.396 e. The van der Waals surface area contributed by atoms with Crippen LogP contribution in [0.25, 0.3) is 0 Å². The first-order valence-corrected chi connectivity index (χ1v) is 16.5. The van der Waals surface area contributed by atoms with Crippen LogP contribution >= 0.6 is 23.5 Å². The molecule has 224 valence electrons. The average Bonchev–Trinajstić information content (AvgIpc) is 2.72. The van der Waals surface area contributed by atoms with Gasteiger partial charge in [-0.1, -0.05) is 20.8 Å². The Morgan fingerprint density at radius 2 is 1.38 bits per heavy atom. The lowest BCUT2D eigenvalue weighted by atomic mass is 9.89. The fourth-order valence-corrected chi connectivity index (χ4v) is 6.12. The van der Waals surface area contributed by atoms with Crippen LogP contribution in [0, 0.1) is 11.8 Å². The number of aliphatic hydroxyl groups is 1. The van der Waals surface area contributed by atoms with Gasteiger partial charge in [0.2, 0.25) is 0 Å². The molecule has 0 radical (unpaired) electrons. The molecule has 0 bridgehead atoms. The van der Waals surface area contributed by atoms with E-state index < -0.39 is 58.7 Å². The predicted octanol–water partition coefficient (Wildman–Crippen LogP) is 3.46. The van der Waals surface area contributed by atoms with Gasteiger partial charge in [0.15, 0.2) is 0 Å². The SMILES string of the molecule is CCC(C)(CCOP(=O)(O)OC(C)(CC)C(C)COP(=O)(O)O)OP(=O)(O)OCC(CO)CC(C)(C)N. The van der Waals surface area contributed by atoms with Crippen LogP contribution in [0.3, 0.4) is 0 Å². The quantitative estimate of drug-likeness (QED) is 0.110. The summed E-state index contributed by atoms with van der Waals surface area (Å²) in [6.07, 6.45) is 0.687. The highest BCUT2D eigenvalue weighted by Crippen LogP contribution is 2.52. The summed E-state index contributed by atoms with van der Waals surface area (Å²) >= 11 is 0. The van der Waals surface area contributed by atoms with E-state index in [9.17, 15) is 28.6 Å². The number of hydrogen-bond acceptors (Lipinski definition) is 10. The van der Waals surface area contributed by atoms with Gasteiger partial charge in [-0.25, -0.2) is 13.7 Å². The van der Waals surface area contributed by atoms with E-state index >= 15 is 0 Å². The molecule has 0 spiro atoms. The fourth-order valence-electron chi connectivity index (χ4n) is 3.27. The Hall–Kier alpha value is 0.250. The first-order chi connectivity index (χ1) is 16.5. The van der Waals surface area contributed by atoms with E-state index in [-0.39, 0.29) is 39.1 Å². The molecule has 14 nitrogen and oxygen atoms in total. The maximum Gasteiger partial charge on any atom is 0.472 e. The van der Waals surface area contributed by atoms with Gasteiger partial charge in [-0.2, -0.15) is 0 Å². The van der Waals surface area contributed by atoms with Gasteiger partial charge >= 0.3 is 23.5 Å². The Labute approximate surface area is 219 Å². The second-order valence-electron chi connectivity index (χ2n) is 10.4. The van der Waals surface area contributed by atoms with Gasteiger partial charge in [0.1, 0.15) is 0 Å². The Morgan fingerprint density at radius 1 is 0.838 bits per heavy atom. The Kier molecular flexibility index (Phi) is 14.9. The van der Waals surface area contributed by atoms with Gasteiger partial charge in [0.25, 0.3) is 0 Å². The Morgan fingerprint density at radius 3 is 1.81 bits per heavy atom. The first kappa shape index (κ1) is 37.2. The maximum absolute atomic E-state index is 12.6. The predicted molar refractivity (Wildman–Crippen MR) is 136 cm³/mol. The lowest BCUT2D eigenvalue weighted by Gasteiger charge is -2.35. The molecule has 0 aliphatic rings. The average molecular weight is 602 g/mol. The van der Waals surface area contributed by atoms with Crippen LogP contribution in [0.15, 0.2) is 0 Å². The van der Waals surface area contributed by atoms with Crippen molar-refractivity contribution in [1.82, 2.24) is 0 Å². The first-order valence-electron chi connectivity index (χ1n) is 12.0. The van der Waals surface area contributed by atoms with Gasteiger partial charge in [-0.05, 0) is 47.0 Å². The molecule has 0 saturated carbocycles. The zero-order chi connectivity index (χ0) is 29.3. The molecule has 6 unspecified atom stereocenters. The van der Waals surface area contributed by atoms with Crippen molar-refractivity contribution >= 4 is 23.5 Å². The highest BCUT2D eigenvalue weighted by atomic mass is 31.2. The highest BCUT2D eigenvalue weighted by molar-refractivity contribution is 7.47. The topological polar surface area (TPSA) is 225 Å². The molecule has 0 aromatic carbocycles. The van der Waals surface area contributed by atoms with Gasteiger partial charge < -0.3 is 30.4 Å². The summed E-state index contributed by atoms with van der Waals surface area (Å²) in [6.45, 7) is 10.00. The number of aliphatic hydroxyl groups excluding tert-OH is 1. The molecule has 7 N–H and O–H groups in total. The zero-order valence-corrected chi connectivity index (χ0v) is 25.4. The van der Waals surface area contributed by atoms with Gasteiger partial charge in [0.05, 0.1) is 31.0 Å². The van der Waals surface area contributed by atoms with Crippen LogP contribution in [-0.2, 0) is 36.3 Å². The van der Waals surface area contributed by atoms with Crippen LogP contribution in [0.4, 0.5) is 0 Å². The van der Waals surface area contributed by atoms with E-state index in [0.717, 1.165) is 0 Å². The van der Waals surface area contributed by atoms with Crippen molar-refractivity contribution in [2.24, 2.45) is 17.6 Å². The van der Waals surface area contributed by atoms with E-state index in [1.165, 1.54) is 20.8 Å². The third-order valence-corrected chi connectivity index (χ3v) is 8.87. The summed E-state index contributed by atoms with van der Waals surface area (Å²) in [5.74, 6) is -1.18. The number of nitrogens with two attached hydrogens (primary N) is 1. The third-order valence-electron chi connectivity index (χ3n) is 6.08. The second-order valence-corrected chi connectivity index (χ2v) is 14.4. The molecule has 0 aromatic heterocycles. The summed E-state index contributed by atoms with van der Waals surface area (Å²) in [5.41, 5.74) is 2.71. The summed E-state index contributed by atoms with van der Waals surface area (Å²) in [6, 6.07) is 0. The summed E-state index contributed by atoms with van der Waals surface area (Å²) in [7, 11) is -14.0. The van der Waals surface area contributed by atoms with Gasteiger partial charge in [-0.3, -0.25) is 22.6 Å². The van der Waals surface area contributed by atoms with Crippen molar-refractivity contribution in [2.75, 3.05) is 26.4 Å². The minimum Gasteiger partial charge on any atom is -0.396 e. The Bertz CT molecular complexity index is 833. The van der Waals surface area contributed by atoms with Crippen LogP contribution in [0.5, 0.6) is 0 Å². The third kappa shape index (κ3) is 16.2. The molecule has 37 heavy (non-hydrogen) atoms. The molecule has 6 atom stereocenters. The molecule has 0 saturated heterocycles. The van der Waals surface area contributed by atoms with Crippen molar-refractivity contribution in [3.63, 3.8) is 0 Å². The molecular formula is C20H46NO13P3. The number of phosphoric ester groups is 3. The van der Waals surface area contributed by atoms with E-state index in [0.29, 0.717) is 6.42 Å². The summed E-state index contributed by atoms with van der Waals surface area (Å²) < 4.78 is 61.3. The normalized spacial score (nSPS) is 21.3. The van der Waals surface area contributed by atoms with Crippen LogP contribution in [0.2, 0.25) is 0 Å². The number of hydrogen-bond donors (Lipinski definition) is 6. The van der Waals surface area contributed by atoms with Crippen LogP contribution in [-0.4, -0.2) is 67.8 Å². The van der Waals surface area contributed by atoms with Crippen molar-refractivity contribution < 1.29 is 61.0 Å². The van der Waals surface area contributed by atoms with Crippen molar-refractivity contribution in [2.45, 2.75) is 90.9 Å². The minimum atomic E-state index is -4.73. The summed E-state index contributed by atoms with van der Waals surface area (Å²) in [5, 5.41) is 9.49. The van der Waals surface area contributed by atoms with Gasteiger partial charge in [-0.15, -0.1) is 0 Å². The fraction of sp³-hybridized carbons (Fsp3) is 1.00. The van der Waals surface area contributed by atoms with Gasteiger partial charge in [0, 0.05) is 30.4 Å². The maximum atomic E-state index is 12.6. The standard InChI is InChI=1S/C20H46NO13P3/c1-8-19(6,33-37(28,29)32-15-17(13-22)12-18(4,5)21)10-11-30-36(26,27)34-20(7,9-2)16(3)14-31-35(23,24)25/h16-17,22H,8-15,21H2,1-7H3,(H,26,27)(H,28,29)(H2,23,24,25). The lowest BCUT2D eigenvalue weighted by molar-refractivity contribution is -0.0298. The van der Waals surface area contributed by atoms with Crippen molar-refractivity contribution in [1.29, 1.82) is 0 Å². The number of rotatable bonds is 20. The second kappa shape index (κ2) is 14.8.